The molecule has 0 spiro atoms. The van der Waals surface area contributed by atoms with Gasteiger partial charge in [-0.25, -0.2) is 18.4 Å². The monoisotopic (exact) mass is 378 g/mol. The Morgan fingerprint density at radius 1 is 1.27 bits per heavy atom. The van der Waals surface area contributed by atoms with Crippen molar-refractivity contribution in [3.8, 4) is 0 Å². The van der Waals surface area contributed by atoms with Crippen molar-refractivity contribution >= 4 is 23.3 Å². The van der Waals surface area contributed by atoms with Crippen LogP contribution in [0.5, 0.6) is 0 Å². The van der Waals surface area contributed by atoms with Crippen LogP contribution in [0.1, 0.15) is 23.4 Å². The van der Waals surface area contributed by atoms with Crippen LogP contribution in [-0.4, -0.2) is 24.0 Å². The summed E-state index contributed by atoms with van der Waals surface area (Å²) in [6, 6.07) is 5.26. The summed E-state index contributed by atoms with van der Waals surface area (Å²) in [5.74, 6) is -2.46. The van der Waals surface area contributed by atoms with Crippen molar-refractivity contribution in [2.24, 2.45) is 0 Å². The lowest BCUT2D eigenvalue weighted by atomic mass is 9.94. The standard InChI is InChI=1S/C18H16F2N2O3S/c1-10-14(17(23)25-2)16(15-12(19)6-3-7-13(15)20)21-18(24)22(10)9-11-5-4-8-26-11/h3-8,16H,9H2,1-2H3,(H,21,24)/t16-/m0/s1. The summed E-state index contributed by atoms with van der Waals surface area (Å²) in [5, 5.41) is 4.40. The molecule has 26 heavy (non-hydrogen) atoms. The van der Waals surface area contributed by atoms with E-state index in [1.54, 1.807) is 6.92 Å². The van der Waals surface area contributed by atoms with E-state index in [9.17, 15) is 18.4 Å². The van der Waals surface area contributed by atoms with E-state index >= 15 is 0 Å². The van der Waals surface area contributed by atoms with Crippen LogP contribution in [-0.2, 0) is 16.1 Å². The average molecular weight is 378 g/mol. The topological polar surface area (TPSA) is 58.6 Å². The van der Waals surface area contributed by atoms with Crippen LogP contribution < -0.4 is 5.32 Å². The van der Waals surface area contributed by atoms with E-state index in [0.717, 1.165) is 17.0 Å². The highest BCUT2D eigenvalue weighted by atomic mass is 32.1. The lowest BCUT2D eigenvalue weighted by Crippen LogP contribution is -2.48. The number of thiophene rings is 1. The molecule has 0 saturated carbocycles. The van der Waals surface area contributed by atoms with Crippen LogP contribution in [0.15, 0.2) is 47.0 Å². The van der Waals surface area contributed by atoms with Crippen molar-refractivity contribution < 1.29 is 23.1 Å². The second-order valence-electron chi connectivity index (χ2n) is 5.67. The number of esters is 1. The van der Waals surface area contributed by atoms with E-state index < -0.39 is 35.2 Å². The Kier molecular flexibility index (Phi) is 5.03. The predicted molar refractivity (Wildman–Crippen MR) is 92.2 cm³/mol. The number of amides is 2. The van der Waals surface area contributed by atoms with Crippen LogP contribution >= 0.6 is 11.3 Å². The Morgan fingerprint density at radius 2 is 1.96 bits per heavy atom. The van der Waals surface area contributed by atoms with Crippen molar-refractivity contribution in [3.63, 3.8) is 0 Å². The zero-order valence-electron chi connectivity index (χ0n) is 14.1. The highest BCUT2D eigenvalue weighted by Gasteiger charge is 2.38. The summed E-state index contributed by atoms with van der Waals surface area (Å²) < 4.78 is 33.3. The third-order valence-electron chi connectivity index (χ3n) is 4.18. The molecule has 0 saturated heterocycles. The van der Waals surface area contributed by atoms with Gasteiger partial charge in [-0.2, -0.15) is 0 Å². The molecule has 8 heteroatoms. The molecular formula is C18H16F2N2O3S. The smallest absolute Gasteiger partial charge is 0.337 e. The van der Waals surface area contributed by atoms with E-state index in [1.165, 1.54) is 29.4 Å². The first kappa shape index (κ1) is 18.1. The maximum atomic E-state index is 14.3. The normalized spacial score (nSPS) is 17.3. The largest absolute Gasteiger partial charge is 0.466 e. The Bertz CT molecular complexity index is 860. The van der Waals surface area contributed by atoms with E-state index in [0.29, 0.717) is 5.70 Å². The van der Waals surface area contributed by atoms with E-state index in [1.807, 2.05) is 17.5 Å². The van der Waals surface area contributed by atoms with Crippen LogP contribution in [0.4, 0.5) is 13.6 Å². The van der Waals surface area contributed by atoms with Crippen molar-refractivity contribution in [1.82, 2.24) is 10.2 Å². The molecule has 5 nitrogen and oxygen atoms in total. The third kappa shape index (κ3) is 3.20. The number of allylic oxidation sites excluding steroid dienone is 1. The molecule has 2 heterocycles. The summed E-state index contributed by atoms with van der Waals surface area (Å²) in [6.07, 6.45) is 0. The summed E-state index contributed by atoms with van der Waals surface area (Å²) >= 11 is 1.46. The molecule has 1 aliphatic heterocycles. The number of carbonyl (C=O) groups is 2. The maximum Gasteiger partial charge on any atom is 0.337 e. The summed E-state index contributed by atoms with van der Waals surface area (Å²) in [7, 11) is 1.18. The van der Waals surface area contributed by atoms with Gasteiger partial charge in [0.15, 0.2) is 0 Å². The van der Waals surface area contributed by atoms with Crippen molar-refractivity contribution in [3.05, 3.63) is 69.1 Å². The van der Waals surface area contributed by atoms with Gasteiger partial charge in [0.05, 0.1) is 30.8 Å². The van der Waals surface area contributed by atoms with Gasteiger partial charge in [0, 0.05) is 10.6 Å². The number of hydrogen-bond acceptors (Lipinski definition) is 4. The average Bonchev–Trinajstić information content (AvgIpc) is 3.11. The first-order chi connectivity index (χ1) is 12.4. The van der Waals surface area contributed by atoms with Crippen LogP contribution in [0.25, 0.3) is 0 Å². The molecule has 3 rings (SSSR count). The Morgan fingerprint density at radius 3 is 2.54 bits per heavy atom. The van der Waals surface area contributed by atoms with Gasteiger partial charge in [0.1, 0.15) is 11.6 Å². The highest BCUT2D eigenvalue weighted by Crippen LogP contribution is 2.34. The zero-order chi connectivity index (χ0) is 18.8. The minimum Gasteiger partial charge on any atom is -0.466 e. The quantitative estimate of drug-likeness (QED) is 0.825. The molecule has 1 atom stereocenters. The van der Waals surface area contributed by atoms with Gasteiger partial charge >= 0.3 is 12.0 Å². The number of benzene rings is 1. The number of halogens is 2. The Labute approximate surface area is 152 Å². The summed E-state index contributed by atoms with van der Waals surface area (Å²) in [6.45, 7) is 1.80. The number of ether oxygens (including phenoxy) is 1. The molecule has 1 aromatic carbocycles. The van der Waals surface area contributed by atoms with Gasteiger partial charge in [0.25, 0.3) is 0 Å². The summed E-state index contributed by atoms with van der Waals surface area (Å²) in [5.41, 5.74) is -0.106. The van der Waals surface area contributed by atoms with Crippen LogP contribution in [0, 0.1) is 11.6 Å². The molecule has 0 bridgehead atoms. The predicted octanol–water partition coefficient (Wildman–Crippen LogP) is 3.74. The molecule has 0 fully saturated rings. The molecule has 2 amide bonds. The minimum absolute atomic E-state index is 0.00680. The number of nitrogens with zero attached hydrogens (tertiary/aromatic N) is 1. The Hall–Kier alpha value is -2.74. The first-order valence-electron chi connectivity index (χ1n) is 7.77. The second-order valence-corrected chi connectivity index (χ2v) is 6.71. The molecule has 1 N–H and O–H groups in total. The number of carbonyl (C=O) groups excluding carboxylic acids is 2. The number of methoxy groups -OCH3 is 1. The van der Waals surface area contributed by atoms with E-state index in [2.05, 4.69) is 5.32 Å². The maximum absolute atomic E-state index is 14.3. The minimum atomic E-state index is -1.27. The lowest BCUT2D eigenvalue weighted by Gasteiger charge is -2.35. The fourth-order valence-electron chi connectivity index (χ4n) is 2.91. The van der Waals surface area contributed by atoms with E-state index in [-0.39, 0.29) is 12.1 Å². The molecule has 1 aromatic heterocycles. The number of hydrogen-bond donors (Lipinski definition) is 1. The van der Waals surface area contributed by atoms with Gasteiger partial charge < -0.3 is 10.1 Å². The molecule has 1 aliphatic rings. The second kappa shape index (κ2) is 7.25. The van der Waals surface area contributed by atoms with Gasteiger partial charge in [-0.15, -0.1) is 11.3 Å². The highest BCUT2D eigenvalue weighted by molar-refractivity contribution is 7.09. The van der Waals surface area contributed by atoms with Crippen LogP contribution in [0.3, 0.4) is 0 Å². The zero-order valence-corrected chi connectivity index (χ0v) is 14.9. The number of nitrogens with one attached hydrogen (secondary N) is 1. The van der Waals surface area contributed by atoms with Gasteiger partial charge in [-0.05, 0) is 30.5 Å². The molecule has 2 aromatic rings. The number of urea groups is 1. The molecular weight excluding hydrogens is 362 g/mol. The SMILES string of the molecule is COC(=O)C1=C(C)N(Cc2cccs2)C(=O)N[C@@H]1c1c(F)cccc1F. The van der Waals surface area contributed by atoms with Crippen molar-refractivity contribution in [1.29, 1.82) is 0 Å². The number of rotatable bonds is 4. The van der Waals surface area contributed by atoms with Gasteiger partial charge in [-0.3, -0.25) is 4.90 Å². The molecule has 0 radical (unpaired) electrons. The lowest BCUT2D eigenvalue weighted by molar-refractivity contribution is -0.136. The third-order valence-corrected chi connectivity index (χ3v) is 5.05. The van der Waals surface area contributed by atoms with E-state index in [4.69, 9.17) is 4.74 Å². The fraction of sp³-hybridized carbons (Fsp3) is 0.222. The fourth-order valence-corrected chi connectivity index (χ4v) is 3.60. The van der Waals surface area contributed by atoms with Crippen LogP contribution in [0.2, 0.25) is 0 Å². The van der Waals surface area contributed by atoms with Gasteiger partial charge in [-0.1, -0.05) is 12.1 Å². The first-order valence-corrected chi connectivity index (χ1v) is 8.65. The molecule has 0 aliphatic carbocycles. The Balaban J connectivity index is 2.10. The van der Waals surface area contributed by atoms with Crippen molar-refractivity contribution in [2.45, 2.75) is 19.5 Å². The molecule has 0 unspecified atom stereocenters. The van der Waals surface area contributed by atoms with Crippen molar-refractivity contribution in [2.75, 3.05) is 7.11 Å². The van der Waals surface area contributed by atoms with Gasteiger partial charge in [0.2, 0.25) is 0 Å². The molecule has 136 valence electrons. The summed E-state index contributed by atoms with van der Waals surface area (Å²) in [4.78, 5) is 27.2.